The number of anilines is 1. The van der Waals surface area contributed by atoms with Crippen molar-refractivity contribution in [3.63, 3.8) is 0 Å². The second kappa shape index (κ2) is 8.53. The van der Waals surface area contributed by atoms with Crippen LogP contribution in [-0.4, -0.2) is 38.4 Å². The van der Waals surface area contributed by atoms with E-state index in [0.29, 0.717) is 24.2 Å². The summed E-state index contributed by atoms with van der Waals surface area (Å²) in [5.41, 5.74) is 1.98. The molecule has 1 aliphatic heterocycles. The first kappa shape index (κ1) is 19.4. The van der Waals surface area contributed by atoms with E-state index in [1.807, 2.05) is 24.3 Å². The molecule has 1 fully saturated rings. The van der Waals surface area contributed by atoms with Gasteiger partial charge in [-0.15, -0.1) is 0 Å². The topological polar surface area (TPSA) is 38.8 Å². The lowest BCUT2D eigenvalue weighted by Crippen LogP contribution is -2.47. The van der Waals surface area contributed by atoms with E-state index in [9.17, 15) is 9.18 Å². The van der Waals surface area contributed by atoms with Gasteiger partial charge in [0.15, 0.2) is 0 Å². The normalized spacial score (nSPS) is 16.2. The largest absolute Gasteiger partial charge is 0.462 e. The predicted octanol–water partition coefficient (Wildman–Crippen LogP) is 4.23. The SMILES string of the molecule is CCOC(=O)c1ccc(N2CCC(Cc3ccccc3F)(OC)CC2)cc1. The van der Waals surface area contributed by atoms with Crippen LogP contribution in [0.2, 0.25) is 0 Å². The van der Waals surface area contributed by atoms with Gasteiger partial charge in [0, 0.05) is 32.3 Å². The molecule has 1 aliphatic rings. The number of esters is 1. The number of methoxy groups -OCH3 is 1. The molecule has 0 amide bonds. The van der Waals surface area contributed by atoms with Gasteiger partial charge in [0.05, 0.1) is 17.8 Å². The molecule has 1 saturated heterocycles. The van der Waals surface area contributed by atoms with E-state index in [4.69, 9.17) is 9.47 Å². The number of piperidine rings is 1. The number of benzene rings is 2. The molecule has 3 rings (SSSR count). The highest BCUT2D eigenvalue weighted by Gasteiger charge is 2.35. The van der Waals surface area contributed by atoms with Crippen molar-refractivity contribution in [2.75, 3.05) is 31.7 Å². The molecule has 0 bridgehead atoms. The Hall–Kier alpha value is -2.40. The van der Waals surface area contributed by atoms with Crippen LogP contribution in [0.4, 0.5) is 10.1 Å². The number of hydrogen-bond acceptors (Lipinski definition) is 4. The maximum absolute atomic E-state index is 14.0. The van der Waals surface area contributed by atoms with Gasteiger partial charge in [-0.2, -0.15) is 0 Å². The number of carbonyl (C=O) groups is 1. The second-order valence-corrected chi connectivity index (χ2v) is 6.91. The molecule has 2 aromatic carbocycles. The average molecular weight is 371 g/mol. The van der Waals surface area contributed by atoms with Gasteiger partial charge in [-0.25, -0.2) is 9.18 Å². The van der Waals surface area contributed by atoms with Crippen LogP contribution in [0.5, 0.6) is 0 Å². The average Bonchev–Trinajstić information content (AvgIpc) is 2.71. The minimum Gasteiger partial charge on any atom is -0.462 e. The molecule has 2 aromatic rings. The lowest BCUT2D eigenvalue weighted by molar-refractivity contribution is -0.0295. The molecular weight excluding hydrogens is 345 g/mol. The fourth-order valence-electron chi connectivity index (χ4n) is 3.64. The van der Waals surface area contributed by atoms with Gasteiger partial charge < -0.3 is 14.4 Å². The van der Waals surface area contributed by atoms with Gasteiger partial charge >= 0.3 is 5.97 Å². The fraction of sp³-hybridized carbons (Fsp3) is 0.409. The molecule has 5 heteroatoms. The van der Waals surface area contributed by atoms with Crippen molar-refractivity contribution in [2.24, 2.45) is 0 Å². The van der Waals surface area contributed by atoms with Crippen LogP contribution < -0.4 is 4.90 Å². The van der Waals surface area contributed by atoms with E-state index in [2.05, 4.69) is 4.90 Å². The summed E-state index contributed by atoms with van der Waals surface area (Å²) >= 11 is 0. The third-order valence-corrected chi connectivity index (χ3v) is 5.32. The number of hydrogen-bond donors (Lipinski definition) is 0. The number of nitrogens with zero attached hydrogens (tertiary/aromatic N) is 1. The summed E-state index contributed by atoms with van der Waals surface area (Å²) in [7, 11) is 1.71. The molecule has 27 heavy (non-hydrogen) atoms. The zero-order chi connectivity index (χ0) is 19.3. The van der Waals surface area contributed by atoms with Crippen LogP contribution in [0, 0.1) is 5.82 Å². The van der Waals surface area contributed by atoms with Crippen LogP contribution in [0.25, 0.3) is 0 Å². The van der Waals surface area contributed by atoms with Crippen LogP contribution in [0.3, 0.4) is 0 Å². The van der Waals surface area contributed by atoms with Gasteiger partial charge in [0.25, 0.3) is 0 Å². The molecule has 0 atom stereocenters. The number of ether oxygens (including phenoxy) is 2. The molecule has 144 valence electrons. The van der Waals surface area contributed by atoms with Crippen molar-refractivity contribution < 1.29 is 18.7 Å². The summed E-state index contributed by atoms with van der Waals surface area (Å²) in [6, 6.07) is 14.4. The summed E-state index contributed by atoms with van der Waals surface area (Å²) in [5, 5.41) is 0. The zero-order valence-corrected chi connectivity index (χ0v) is 15.9. The van der Waals surface area contributed by atoms with E-state index < -0.39 is 0 Å². The first-order valence-corrected chi connectivity index (χ1v) is 9.37. The highest BCUT2D eigenvalue weighted by Crippen LogP contribution is 2.32. The van der Waals surface area contributed by atoms with Crippen LogP contribution >= 0.6 is 0 Å². The Labute approximate surface area is 159 Å². The Morgan fingerprint density at radius 2 is 1.78 bits per heavy atom. The molecule has 0 N–H and O–H groups in total. The Bertz CT molecular complexity index is 767. The Kier molecular flexibility index (Phi) is 6.11. The van der Waals surface area contributed by atoms with Crippen molar-refractivity contribution in [3.05, 3.63) is 65.5 Å². The monoisotopic (exact) mass is 371 g/mol. The summed E-state index contributed by atoms with van der Waals surface area (Å²) in [4.78, 5) is 14.0. The number of halogens is 1. The Morgan fingerprint density at radius 3 is 2.37 bits per heavy atom. The van der Waals surface area contributed by atoms with E-state index in [1.165, 1.54) is 6.07 Å². The Balaban J connectivity index is 1.65. The first-order chi connectivity index (χ1) is 13.1. The van der Waals surface area contributed by atoms with Crippen molar-refractivity contribution in [1.29, 1.82) is 0 Å². The van der Waals surface area contributed by atoms with E-state index in [-0.39, 0.29) is 17.4 Å². The van der Waals surface area contributed by atoms with E-state index in [1.54, 1.807) is 32.2 Å². The molecule has 4 nitrogen and oxygen atoms in total. The summed E-state index contributed by atoms with van der Waals surface area (Å²) in [6.45, 7) is 3.80. The van der Waals surface area contributed by atoms with Gasteiger partial charge in [-0.3, -0.25) is 0 Å². The van der Waals surface area contributed by atoms with Crippen molar-refractivity contribution in [3.8, 4) is 0 Å². The quantitative estimate of drug-likeness (QED) is 0.713. The van der Waals surface area contributed by atoms with Gasteiger partial charge in [0.1, 0.15) is 5.82 Å². The highest BCUT2D eigenvalue weighted by molar-refractivity contribution is 5.89. The molecular formula is C22H26FNO3. The minimum atomic E-state index is -0.344. The molecule has 0 aliphatic carbocycles. The summed E-state index contributed by atoms with van der Waals surface area (Å²) in [5.74, 6) is -0.475. The van der Waals surface area contributed by atoms with Crippen LogP contribution in [0.15, 0.2) is 48.5 Å². The van der Waals surface area contributed by atoms with Crippen LogP contribution in [-0.2, 0) is 15.9 Å². The molecule has 1 heterocycles. The standard InChI is InChI=1S/C22H26FNO3/c1-3-27-21(25)17-8-10-19(11-9-17)24-14-12-22(26-2,13-15-24)16-18-6-4-5-7-20(18)23/h4-11H,3,12-16H2,1-2H3. The lowest BCUT2D eigenvalue weighted by atomic mass is 9.84. The third kappa shape index (κ3) is 4.48. The molecule has 0 spiro atoms. The maximum atomic E-state index is 14.0. The predicted molar refractivity (Wildman–Crippen MR) is 104 cm³/mol. The van der Waals surface area contributed by atoms with Gasteiger partial charge in [-0.05, 0) is 55.7 Å². The second-order valence-electron chi connectivity index (χ2n) is 6.91. The highest BCUT2D eigenvalue weighted by atomic mass is 19.1. The van der Waals surface area contributed by atoms with Gasteiger partial charge in [0.2, 0.25) is 0 Å². The maximum Gasteiger partial charge on any atom is 0.338 e. The molecule has 0 radical (unpaired) electrons. The van der Waals surface area contributed by atoms with Gasteiger partial charge in [-0.1, -0.05) is 18.2 Å². The minimum absolute atomic E-state index is 0.175. The van der Waals surface area contributed by atoms with E-state index in [0.717, 1.165) is 31.6 Å². The Morgan fingerprint density at radius 1 is 1.11 bits per heavy atom. The van der Waals surface area contributed by atoms with Crippen molar-refractivity contribution in [2.45, 2.75) is 31.8 Å². The molecule has 0 saturated carbocycles. The smallest absolute Gasteiger partial charge is 0.338 e. The fourth-order valence-corrected chi connectivity index (χ4v) is 3.64. The summed E-state index contributed by atoms with van der Waals surface area (Å²) in [6.07, 6.45) is 2.21. The summed E-state index contributed by atoms with van der Waals surface area (Å²) < 4.78 is 24.9. The lowest BCUT2D eigenvalue weighted by Gasteiger charge is -2.42. The third-order valence-electron chi connectivity index (χ3n) is 5.32. The number of rotatable bonds is 6. The van der Waals surface area contributed by atoms with E-state index >= 15 is 0 Å². The molecule has 0 unspecified atom stereocenters. The number of carbonyl (C=O) groups excluding carboxylic acids is 1. The molecule has 0 aromatic heterocycles. The first-order valence-electron chi connectivity index (χ1n) is 9.37. The van der Waals surface area contributed by atoms with Crippen molar-refractivity contribution >= 4 is 11.7 Å². The van der Waals surface area contributed by atoms with Crippen LogP contribution in [0.1, 0.15) is 35.7 Å². The zero-order valence-electron chi connectivity index (χ0n) is 15.9. The van der Waals surface area contributed by atoms with Crippen molar-refractivity contribution in [1.82, 2.24) is 0 Å².